The van der Waals surface area contributed by atoms with Crippen LogP contribution in [0.25, 0.3) is 0 Å². The molecule has 2 heterocycles. The van der Waals surface area contributed by atoms with Crippen molar-refractivity contribution in [1.29, 1.82) is 0 Å². The number of piperidine rings is 2. The van der Waals surface area contributed by atoms with E-state index in [1.165, 1.54) is 19.4 Å². The van der Waals surface area contributed by atoms with Gasteiger partial charge in [0.25, 0.3) is 5.91 Å². The number of nitrogens with one attached hydrogen (secondary N) is 1. The van der Waals surface area contributed by atoms with E-state index in [0.717, 1.165) is 30.8 Å². The van der Waals surface area contributed by atoms with Gasteiger partial charge in [-0.3, -0.25) is 10.6 Å². The lowest BCUT2D eigenvalue weighted by molar-refractivity contribution is 0.0317. The van der Waals surface area contributed by atoms with Crippen molar-refractivity contribution in [1.82, 2.24) is 9.80 Å². The average molecular weight is 288 g/mol. The van der Waals surface area contributed by atoms with E-state index in [4.69, 9.17) is 5.84 Å². The van der Waals surface area contributed by atoms with Crippen LogP contribution in [0, 0.1) is 5.92 Å². The Hall–Kier alpha value is -1.59. The first-order valence-electron chi connectivity index (χ1n) is 7.75. The van der Waals surface area contributed by atoms with Crippen molar-refractivity contribution in [3.8, 4) is 0 Å². The molecular formula is C16H24N4O. The van der Waals surface area contributed by atoms with Crippen LogP contribution >= 0.6 is 0 Å². The number of fused-ring (bicyclic) bond motifs is 1. The molecular weight excluding hydrogens is 264 g/mol. The maximum atomic E-state index is 12.6. The Morgan fingerprint density at radius 2 is 2.00 bits per heavy atom. The van der Waals surface area contributed by atoms with E-state index in [-0.39, 0.29) is 5.91 Å². The molecule has 2 fully saturated rings. The second-order valence-corrected chi connectivity index (χ2v) is 6.21. The Morgan fingerprint density at radius 3 is 2.71 bits per heavy atom. The fourth-order valence-electron chi connectivity index (χ4n) is 3.73. The molecule has 2 unspecified atom stereocenters. The van der Waals surface area contributed by atoms with Crippen LogP contribution in [0.15, 0.2) is 24.3 Å². The molecule has 0 aromatic heterocycles. The normalized spacial score (nSPS) is 26.3. The summed E-state index contributed by atoms with van der Waals surface area (Å²) in [6.07, 6.45) is 3.58. The van der Waals surface area contributed by atoms with E-state index in [1.54, 1.807) is 0 Å². The van der Waals surface area contributed by atoms with Crippen LogP contribution < -0.4 is 11.3 Å². The molecule has 2 aliphatic heterocycles. The van der Waals surface area contributed by atoms with Crippen LogP contribution in [0.5, 0.6) is 0 Å². The molecule has 114 valence electrons. The van der Waals surface area contributed by atoms with Crippen LogP contribution in [0.4, 0.5) is 5.69 Å². The van der Waals surface area contributed by atoms with E-state index in [0.29, 0.717) is 12.0 Å². The highest BCUT2D eigenvalue weighted by Crippen LogP contribution is 2.30. The summed E-state index contributed by atoms with van der Waals surface area (Å²) < 4.78 is 0. The number of anilines is 1. The molecule has 0 aliphatic carbocycles. The smallest absolute Gasteiger partial charge is 0.253 e. The van der Waals surface area contributed by atoms with Crippen molar-refractivity contribution < 1.29 is 4.79 Å². The topological polar surface area (TPSA) is 61.6 Å². The van der Waals surface area contributed by atoms with E-state index in [9.17, 15) is 4.79 Å². The predicted octanol–water partition coefficient (Wildman–Crippen LogP) is 1.53. The lowest BCUT2D eigenvalue weighted by atomic mass is 9.84. The Labute approximate surface area is 126 Å². The van der Waals surface area contributed by atoms with E-state index in [1.807, 2.05) is 29.2 Å². The zero-order valence-electron chi connectivity index (χ0n) is 12.6. The zero-order chi connectivity index (χ0) is 14.8. The fourth-order valence-corrected chi connectivity index (χ4v) is 3.73. The van der Waals surface area contributed by atoms with Crippen LogP contribution in [-0.2, 0) is 0 Å². The number of likely N-dealkylation sites (tertiary alicyclic amines) is 2. The van der Waals surface area contributed by atoms with Crippen molar-refractivity contribution in [2.45, 2.75) is 25.3 Å². The number of nitrogens with zero attached hydrogens (tertiary/aromatic N) is 2. The van der Waals surface area contributed by atoms with Crippen LogP contribution in [0.1, 0.15) is 29.6 Å². The number of benzene rings is 1. The summed E-state index contributed by atoms with van der Waals surface area (Å²) in [4.78, 5) is 17.1. The van der Waals surface area contributed by atoms with Crippen LogP contribution in [0.3, 0.4) is 0 Å². The van der Waals surface area contributed by atoms with Gasteiger partial charge in [-0.05, 0) is 63.0 Å². The molecule has 5 nitrogen and oxygen atoms in total. The SMILES string of the molecule is CN1CCCC2CN(C(=O)c3ccc(NN)cc3)CCC21. The van der Waals surface area contributed by atoms with E-state index < -0.39 is 0 Å². The monoisotopic (exact) mass is 288 g/mol. The maximum absolute atomic E-state index is 12.6. The average Bonchev–Trinajstić information content (AvgIpc) is 2.54. The third-order valence-corrected chi connectivity index (χ3v) is 4.93. The van der Waals surface area contributed by atoms with Gasteiger partial charge in [0, 0.05) is 30.4 Å². The number of amides is 1. The summed E-state index contributed by atoms with van der Waals surface area (Å²) in [6, 6.07) is 8.03. The Balaban J connectivity index is 1.68. The van der Waals surface area contributed by atoms with Crippen molar-refractivity contribution in [2.24, 2.45) is 11.8 Å². The summed E-state index contributed by atoms with van der Waals surface area (Å²) in [5.41, 5.74) is 4.15. The van der Waals surface area contributed by atoms with Gasteiger partial charge in [0.1, 0.15) is 0 Å². The standard InChI is InChI=1S/C16H24N4O/c1-19-9-2-3-13-11-20(10-8-15(13)19)16(21)12-4-6-14(18-17)7-5-12/h4-7,13,15,18H,2-3,8-11,17H2,1H3. The van der Waals surface area contributed by atoms with Crippen molar-refractivity contribution >= 4 is 11.6 Å². The molecule has 1 aromatic carbocycles. The second-order valence-electron chi connectivity index (χ2n) is 6.21. The number of hydrogen-bond acceptors (Lipinski definition) is 4. The summed E-state index contributed by atoms with van der Waals surface area (Å²) in [5, 5.41) is 0. The molecule has 5 heteroatoms. The van der Waals surface area contributed by atoms with Crippen LogP contribution in [0.2, 0.25) is 0 Å². The van der Waals surface area contributed by atoms with Gasteiger partial charge < -0.3 is 15.2 Å². The molecule has 0 saturated carbocycles. The molecule has 0 radical (unpaired) electrons. The number of nitrogen functional groups attached to an aromatic ring is 1. The van der Waals surface area contributed by atoms with Gasteiger partial charge in [-0.15, -0.1) is 0 Å². The number of hydrogen-bond donors (Lipinski definition) is 2. The lowest BCUT2D eigenvalue weighted by Crippen LogP contribution is -2.53. The van der Waals surface area contributed by atoms with Gasteiger partial charge in [-0.1, -0.05) is 0 Å². The zero-order valence-corrected chi connectivity index (χ0v) is 12.6. The van der Waals surface area contributed by atoms with Gasteiger partial charge in [0.2, 0.25) is 0 Å². The summed E-state index contributed by atoms with van der Waals surface area (Å²) in [5.74, 6) is 6.13. The molecule has 0 spiro atoms. The van der Waals surface area contributed by atoms with Crippen molar-refractivity contribution in [3.63, 3.8) is 0 Å². The minimum atomic E-state index is 0.144. The first-order valence-corrected chi connectivity index (χ1v) is 7.75. The molecule has 21 heavy (non-hydrogen) atoms. The highest BCUT2D eigenvalue weighted by Gasteiger charge is 2.35. The van der Waals surface area contributed by atoms with Crippen molar-refractivity contribution in [3.05, 3.63) is 29.8 Å². The number of carbonyl (C=O) groups excluding carboxylic acids is 1. The molecule has 3 rings (SSSR count). The first kappa shape index (κ1) is 14.4. The van der Waals surface area contributed by atoms with E-state index >= 15 is 0 Å². The molecule has 2 atom stereocenters. The minimum absolute atomic E-state index is 0.144. The van der Waals surface area contributed by atoms with Gasteiger partial charge in [0.05, 0.1) is 0 Å². The number of nitrogens with two attached hydrogens (primary N) is 1. The second kappa shape index (κ2) is 6.03. The fraction of sp³-hybridized carbons (Fsp3) is 0.562. The molecule has 1 amide bonds. The Kier molecular flexibility index (Phi) is 4.12. The van der Waals surface area contributed by atoms with Gasteiger partial charge in [0.15, 0.2) is 0 Å². The Bertz CT molecular complexity index is 502. The number of hydrazine groups is 1. The van der Waals surface area contributed by atoms with Gasteiger partial charge >= 0.3 is 0 Å². The quantitative estimate of drug-likeness (QED) is 0.640. The van der Waals surface area contributed by atoms with Gasteiger partial charge in [-0.2, -0.15) is 0 Å². The summed E-state index contributed by atoms with van der Waals surface area (Å²) in [7, 11) is 2.22. The minimum Gasteiger partial charge on any atom is -0.338 e. The summed E-state index contributed by atoms with van der Waals surface area (Å²) in [6.45, 7) is 2.95. The molecule has 0 bridgehead atoms. The highest BCUT2D eigenvalue weighted by atomic mass is 16.2. The molecule has 2 saturated heterocycles. The highest BCUT2D eigenvalue weighted by molar-refractivity contribution is 5.94. The maximum Gasteiger partial charge on any atom is 0.253 e. The van der Waals surface area contributed by atoms with Gasteiger partial charge in [-0.25, -0.2) is 0 Å². The lowest BCUT2D eigenvalue weighted by Gasteiger charge is -2.46. The number of rotatable bonds is 2. The molecule has 1 aromatic rings. The predicted molar refractivity (Wildman–Crippen MR) is 83.9 cm³/mol. The molecule has 2 aliphatic rings. The van der Waals surface area contributed by atoms with Crippen LogP contribution in [-0.4, -0.2) is 48.4 Å². The third kappa shape index (κ3) is 2.89. The third-order valence-electron chi connectivity index (χ3n) is 4.93. The van der Waals surface area contributed by atoms with E-state index in [2.05, 4.69) is 17.4 Å². The Morgan fingerprint density at radius 1 is 1.24 bits per heavy atom. The number of carbonyl (C=O) groups is 1. The first-order chi connectivity index (χ1) is 10.2. The van der Waals surface area contributed by atoms with Crippen molar-refractivity contribution in [2.75, 3.05) is 32.1 Å². The summed E-state index contributed by atoms with van der Waals surface area (Å²) >= 11 is 0. The largest absolute Gasteiger partial charge is 0.338 e. The molecule has 3 N–H and O–H groups in total.